The maximum absolute atomic E-state index is 11.5. The summed E-state index contributed by atoms with van der Waals surface area (Å²) in [7, 11) is 0. The number of aryl methyl sites for hydroxylation is 1. The fourth-order valence-corrected chi connectivity index (χ4v) is 2.54. The van der Waals surface area contributed by atoms with Gasteiger partial charge in [0.05, 0.1) is 0 Å². The van der Waals surface area contributed by atoms with Crippen LogP contribution in [0.1, 0.15) is 37.0 Å². The van der Waals surface area contributed by atoms with E-state index >= 15 is 0 Å². The summed E-state index contributed by atoms with van der Waals surface area (Å²) in [5, 5.41) is 9.46. The molecule has 4 heteroatoms. The summed E-state index contributed by atoms with van der Waals surface area (Å²) >= 11 is 0. The van der Waals surface area contributed by atoms with Crippen molar-refractivity contribution in [1.29, 1.82) is 0 Å². The van der Waals surface area contributed by atoms with Crippen LogP contribution in [0, 0.1) is 13.8 Å². The second-order valence-electron chi connectivity index (χ2n) is 5.70. The Morgan fingerprint density at radius 1 is 1.39 bits per heavy atom. The van der Waals surface area contributed by atoms with Gasteiger partial charge in [-0.25, -0.2) is 4.79 Å². The molecule has 0 aromatic heterocycles. The van der Waals surface area contributed by atoms with Crippen molar-refractivity contribution < 1.29 is 14.6 Å². The predicted molar refractivity (Wildman–Crippen MR) is 68.7 cm³/mol. The van der Waals surface area contributed by atoms with Crippen LogP contribution in [0.4, 0.5) is 0 Å². The first kappa shape index (κ1) is 12.9. The van der Waals surface area contributed by atoms with Crippen molar-refractivity contribution in [2.75, 3.05) is 0 Å². The lowest BCUT2D eigenvalue weighted by atomic mass is 9.77. The number of carboxylic acids is 1. The van der Waals surface area contributed by atoms with E-state index in [0.717, 1.165) is 11.1 Å². The molecular weight excluding hydrogens is 230 g/mol. The van der Waals surface area contributed by atoms with E-state index in [1.54, 1.807) is 6.07 Å². The Labute approximate surface area is 107 Å². The first-order valence-corrected chi connectivity index (χ1v) is 5.99. The molecule has 0 spiro atoms. The fourth-order valence-electron chi connectivity index (χ4n) is 2.54. The van der Waals surface area contributed by atoms with E-state index in [4.69, 9.17) is 10.5 Å². The Hall–Kier alpha value is -1.55. The van der Waals surface area contributed by atoms with Gasteiger partial charge in [-0.3, -0.25) is 0 Å². The highest BCUT2D eigenvalue weighted by atomic mass is 16.5. The molecule has 98 valence electrons. The van der Waals surface area contributed by atoms with E-state index in [2.05, 4.69) is 0 Å². The van der Waals surface area contributed by atoms with E-state index in [-0.39, 0.29) is 6.42 Å². The van der Waals surface area contributed by atoms with E-state index < -0.39 is 17.1 Å². The number of ether oxygens (including phenoxy) is 1. The molecule has 1 unspecified atom stereocenters. The van der Waals surface area contributed by atoms with Gasteiger partial charge in [-0.05, 0) is 38.8 Å². The third-order valence-electron chi connectivity index (χ3n) is 3.62. The minimum Gasteiger partial charge on any atom is -0.487 e. The highest BCUT2D eigenvalue weighted by Crippen LogP contribution is 2.44. The lowest BCUT2D eigenvalue weighted by molar-refractivity contribution is -0.147. The highest BCUT2D eigenvalue weighted by molar-refractivity contribution is 5.82. The number of hydrogen-bond donors (Lipinski definition) is 2. The Bertz CT molecular complexity index is 522. The van der Waals surface area contributed by atoms with Gasteiger partial charge in [0, 0.05) is 12.0 Å². The SMILES string of the molecule is Cc1ccc2c(c1C)OC(C)(C)CC2(N)C(=O)O. The lowest BCUT2D eigenvalue weighted by Gasteiger charge is -2.42. The van der Waals surface area contributed by atoms with Crippen LogP contribution < -0.4 is 10.5 Å². The van der Waals surface area contributed by atoms with E-state index in [1.165, 1.54) is 0 Å². The lowest BCUT2D eigenvalue weighted by Crippen LogP contribution is -2.54. The van der Waals surface area contributed by atoms with Crippen molar-refractivity contribution in [3.63, 3.8) is 0 Å². The minimum atomic E-state index is -1.38. The zero-order chi connectivity index (χ0) is 13.7. The number of aliphatic carboxylic acids is 1. The van der Waals surface area contributed by atoms with Crippen molar-refractivity contribution in [3.05, 3.63) is 28.8 Å². The second kappa shape index (κ2) is 3.72. The van der Waals surface area contributed by atoms with Gasteiger partial charge in [0.15, 0.2) is 0 Å². The molecule has 2 rings (SSSR count). The summed E-state index contributed by atoms with van der Waals surface area (Å²) in [5.74, 6) is -0.389. The third kappa shape index (κ3) is 1.77. The van der Waals surface area contributed by atoms with Crippen LogP contribution in [0.2, 0.25) is 0 Å². The maximum Gasteiger partial charge on any atom is 0.328 e. The van der Waals surface area contributed by atoms with Crippen LogP contribution in [0.5, 0.6) is 5.75 Å². The molecule has 1 aliphatic heterocycles. The van der Waals surface area contributed by atoms with Gasteiger partial charge < -0.3 is 15.6 Å². The zero-order valence-electron chi connectivity index (χ0n) is 11.2. The van der Waals surface area contributed by atoms with Gasteiger partial charge in [0.25, 0.3) is 0 Å². The van der Waals surface area contributed by atoms with Crippen LogP contribution in [0.25, 0.3) is 0 Å². The molecule has 0 saturated carbocycles. The van der Waals surface area contributed by atoms with Gasteiger partial charge in [0.2, 0.25) is 0 Å². The molecule has 0 saturated heterocycles. The van der Waals surface area contributed by atoms with Crippen LogP contribution in [0.15, 0.2) is 12.1 Å². The molecular formula is C14H19NO3. The first-order chi connectivity index (χ1) is 8.17. The van der Waals surface area contributed by atoms with Gasteiger partial charge in [-0.1, -0.05) is 12.1 Å². The summed E-state index contributed by atoms with van der Waals surface area (Å²) in [6.07, 6.45) is 0.255. The number of rotatable bonds is 1. The van der Waals surface area contributed by atoms with Crippen LogP contribution in [-0.2, 0) is 10.3 Å². The molecule has 0 radical (unpaired) electrons. The Balaban J connectivity index is 2.72. The van der Waals surface area contributed by atoms with E-state index in [1.807, 2.05) is 33.8 Å². The first-order valence-electron chi connectivity index (χ1n) is 5.99. The van der Waals surface area contributed by atoms with E-state index in [9.17, 15) is 9.90 Å². The maximum atomic E-state index is 11.5. The summed E-state index contributed by atoms with van der Waals surface area (Å²) in [6.45, 7) is 7.63. The van der Waals surface area contributed by atoms with Gasteiger partial charge in [-0.2, -0.15) is 0 Å². The fraction of sp³-hybridized carbons (Fsp3) is 0.500. The van der Waals surface area contributed by atoms with Crippen molar-refractivity contribution >= 4 is 5.97 Å². The number of hydrogen-bond acceptors (Lipinski definition) is 3. The normalized spacial score (nSPS) is 25.2. The quantitative estimate of drug-likeness (QED) is 0.799. The van der Waals surface area contributed by atoms with Crippen LogP contribution in [-0.4, -0.2) is 16.7 Å². The molecule has 0 amide bonds. The predicted octanol–water partition coefficient (Wildman–Crippen LogP) is 2.10. The molecule has 3 N–H and O–H groups in total. The second-order valence-corrected chi connectivity index (χ2v) is 5.70. The smallest absolute Gasteiger partial charge is 0.328 e. The van der Waals surface area contributed by atoms with Crippen LogP contribution >= 0.6 is 0 Å². The Morgan fingerprint density at radius 3 is 2.56 bits per heavy atom. The Morgan fingerprint density at radius 2 is 2.00 bits per heavy atom. The largest absolute Gasteiger partial charge is 0.487 e. The number of nitrogens with two attached hydrogens (primary N) is 1. The summed E-state index contributed by atoms with van der Waals surface area (Å²) < 4.78 is 5.93. The molecule has 1 aliphatic rings. The van der Waals surface area contributed by atoms with Gasteiger partial charge >= 0.3 is 5.97 Å². The number of carboxylic acid groups (broad SMARTS) is 1. The van der Waals surface area contributed by atoms with Crippen molar-refractivity contribution in [1.82, 2.24) is 0 Å². The molecule has 1 atom stereocenters. The zero-order valence-corrected chi connectivity index (χ0v) is 11.2. The molecule has 0 aliphatic carbocycles. The summed E-state index contributed by atoms with van der Waals surface area (Å²) in [5.41, 5.74) is 6.76. The van der Waals surface area contributed by atoms with E-state index in [0.29, 0.717) is 11.3 Å². The average Bonchev–Trinajstić information content (AvgIpc) is 2.22. The van der Waals surface area contributed by atoms with Gasteiger partial charge in [0.1, 0.15) is 16.9 Å². The number of benzene rings is 1. The monoisotopic (exact) mass is 249 g/mol. The molecule has 18 heavy (non-hydrogen) atoms. The average molecular weight is 249 g/mol. The molecule has 0 bridgehead atoms. The van der Waals surface area contributed by atoms with Crippen molar-refractivity contribution in [3.8, 4) is 5.75 Å². The van der Waals surface area contributed by atoms with Crippen molar-refractivity contribution in [2.45, 2.75) is 45.3 Å². The summed E-state index contributed by atoms with van der Waals surface area (Å²) in [6, 6.07) is 3.65. The number of carbonyl (C=O) groups is 1. The summed E-state index contributed by atoms with van der Waals surface area (Å²) in [4.78, 5) is 11.5. The van der Waals surface area contributed by atoms with Crippen molar-refractivity contribution in [2.24, 2.45) is 5.73 Å². The van der Waals surface area contributed by atoms with Crippen LogP contribution in [0.3, 0.4) is 0 Å². The molecule has 0 fully saturated rings. The molecule has 1 heterocycles. The topological polar surface area (TPSA) is 72.5 Å². The molecule has 1 aromatic carbocycles. The van der Waals surface area contributed by atoms with Gasteiger partial charge in [-0.15, -0.1) is 0 Å². The number of fused-ring (bicyclic) bond motifs is 1. The Kier molecular flexibility index (Phi) is 2.66. The minimum absolute atomic E-state index is 0.255. The highest BCUT2D eigenvalue weighted by Gasteiger charge is 2.48. The molecule has 1 aromatic rings. The molecule has 4 nitrogen and oxygen atoms in total. The standard InChI is InChI=1S/C14H19NO3/c1-8-5-6-10-11(9(8)2)18-13(3,4)7-14(10,15)12(16)17/h5-6H,7,15H2,1-4H3,(H,16,17). The third-order valence-corrected chi connectivity index (χ3v) is 3.62.